The lowest BCUT2D eigenvalue weighted by molar-refractivity contribution is -0.141. The molecule has 1 aromatic heterocycles. The van der Waals surface area contributed by atoms with E-state index >= 15 is 0 Å². The van der Waals surface area contributed by atoms with Crippen LogP contribution in [0.1, 0.15) is 45.1 Å². The van der Waals surface area contributed by atoms with Crippen molar-refractivity contribution >= 4 is 15.8 Å². The van der Waals surface area contributed by atoms with E-state index in [1.54, 1.807) is 6.92 Å². The van der Waals surface area contributed by atoms with Crippen molar-refractivity contribution in [1.82, 2.24) is 9.55 Å². The van der Waals surface area contributed by atoms with E-state index < -0.39 is 21.8 Å². The molecule has 1 N–H and O–H groups in total. The number of nitrogens with zero attached hydrogens (tertiary/aromatic N) is 2. The number of aliphatic carboxylic acids is 1. The van der Waals surface area contributed by atoms with Crippen LogP contribution in [0.15, 0.2) is 17.6 Å². The van der Waals surface area contributed by atoms with E-state index in [2.05, 4.69) is 4.98 Å². The van der Waals surface area contributed by atoms with Gasteiger partial charge >= 0.3 is 5.97 Å². The molecule has 6 nitrogen and oxygen atoms in total. The molecule has 112 valence electrons. The first-order valence-electron chi connectivity index (χ1n) is 6.93. The van der Waals surface area contributed by atoms with Crippen LogP contribution in [0.25, 0.3) is 0 Å². The summed E-state index contributed by atoms with van der Waals surface area (Å²) in [6.07, 6.45) is 7.60. The number of aromatic nitrogens is 2. The van der Waals surface area contributed by atoms with Crippen LogP contribution in [0.2, 0.25) is 0 Å². The fourth-order valence-corrected chi connectivity index (χ4v) is 3.49. The Morgan fingerprint density at radius 2 is 2.15 bits per heavy atom. The maximum absolute atomic E-state index is 11.7. The third kappa shape index (κ3) is 3.20. The molecule has 20 heavy (non-hydrogen) atoms. The Bertz CT molecular complexity index is 573. The Morgan fingerprint density at radius 3 is 2.70 bits per heavy atom. The highest BCUT2D eigenvalue weighted by Gasteiger charge is 2.27. The lowest BCUT2D eigenvalue weighted by Crippen LogP contribution is -2.20. The SMILES string of the molecule is CCS(=O)(=O)c1cn(C(CC2CCCC2)C(=O)O)cn1. The van der Waals surface area contributed by atoms with Gasteiger partial charge in [0, 0.05) is 6.20 Å². The molecule has 1 unspecified atom stereocenters. The second kappa shape index (κ2) is 5.95. The summed E-state index contributed by atoms with van der Waals surface area (Å²) < 4.78 is 24.9. The van der Waals surface area contributed by atoms with Crippen LogP contribution in [0.5, 0.6) is 0 Å². The summed E-state index contributed by atoms with van der Waals surface area (Å²) in [6, 6.07) is -0.730. The van der Waals surface area contributed by atoms with Crippen LogP contribution in [0.3, 0.4) is 0 Å². The lowest BCUT2D eigenvalue weighted by Gasteiger charge is -2.17. The summed E-state index contributed by atoms with van der Waals surface area (Å²) in [4.78, 5) is 15.3. The number of sulfone groups is 1. The summed E-state index contributed by atoms with van der Waals surface area (Å²) in [5, 5.41) is 9.31. The van der Waals surface area contributed by atoms with Gasteiger partial charge in [-0.2, -0.15) is 0 Å². The molecule has 0 bridgehead atoms. The van der Waals surface area contributed by atoms with E-state index in [4.69, 9.17) is 0 Å². The monoisotopic (exact) mass is 300 g/mol. The van der Waals surface area contributed by atoms with Crippen molar-refractivity contribution < 1.29 is 18.3 Å². The van der Waals surface area contributed by atoms with E-state index in [0.717, 1.165) is 25.7 Å². The first-order valence-corrected chi connectivity index (χ1v) is 8.58. The van der Waals surface area contributed by atoms with E-state index in [9.17, 15) is 18.3 Å². The topological polar surface area (TPSA) is 89.3 Å². The van der Waals surface area contributed by atoms with Gasteiger partial charge in [0.1, 0.15) is 6.04 Å². The fraction of sp³-hybridized carbons (Fsp3) is 0.692. The van der Waals surface area contributed by atoms with Crippen LogP contribution in [0, 0.1) is 5.92 Å². The third-order valence-electron chi connectivity index (χ3n) is 3.95. The maximum Gasteiger partial charge on any atom is 0.326 e. The van der Waals surface area contributed by atoms with Gasteiger partial charge in [0.15, 0.2) is 14.9 Å². The van der Waals surface area contributed by atoms with Crippen LogP contribution in [-0.2, 0) is 14.6 Å². The molecule has 1 aromatic rings. The smallest absolute Gasteiger partial charge is 0.326 e. The standard InChI is InChI=1S/C13H20N2O4S/c1-2-20(18,19)12-8-15(9-14-12)11(13(16)17)7-10-5-3-4-6-10/h8-11H,2-7H2,1H3,(H,16,17). The van der Waals surface area contributed by atoms with Crippen LogP contribution >= 0.6 is 0 Å². The van der Waals surface area contributed by atoms with Crippen LogP contribution in [0.4, 0.5) is 0 Å². The van der Waals surface area contributed by atoms with Crippen molar-refractivity contribution in [1.29, 1.82) is 0 Å². The minimum Gasteiger partial charge on any atom is -0.480 e. The molecule has 1 aliphatic rings. The summed E-state index contributed by atoms with van der Waals surface area (Å²) in [7, 11) is -3.39. The van der Waals surface area contributed by atoms with Crippen molar-refractivity contribution in [3.8, 4) is 0 Å². The first-order chi connectivity index (χ1) is 9.44. The zero-order chi connectivity index (χ0) is 14.8. The third-order valence-corrected chi connectivity index (χ3v) is 5.56. The number of carbonyl (C=O) groups is 1. The highest BCUT2D eigenvalue weighted by Crippen LogP contribution is 2.32. The fourth-order valence-electron chi connectivity index (χ4n) is 2.71. The normalized spacial score (nSPS) is 18.2. The molecule has 0 radical (unpaired) electrons. The van der Waals surface area contributed by atoms with Crippen molar-refractivity contribution in [3.05, 3.63) is 12.5 Å². The predicted octanol–water partition coefficient (Wildman–Crippen LogP) is 1.88. The van der Waals surface area contributed by atoms with Crippen molar-refractivity contribution in [2.75, 3.05) is 5.75 Å². The average molecular weight is 300 g/mol. The quantitative estimate of drug-likeness (QED) is 0.866. The van der Waals surface area contributed by atoms with Gasteiger partial charge in [-0.1, -0.05) is 32.6 Å². The molecule has 1 atom stereocenters. The van der Waals surface area contributed by atoms with Gasteiger partial charge in [-0.25, -0.2) is 18.2 Å². The molecule has 0 amide bonds. The summed E-state index contributed by atoms with van der Waals surface area (Å²) in [6.45, 7) is 1.54. The molecule has 0 aliphatic heterocycles. The Kier molecular flexibility index (Phi) is 4.47. The first kappa shape index (κ1) is 15.0. The van der Waals surface area contributed by atoms with E-state index in [1.165, 1.54) is 17.1 Å². The van der Waals surface area contributed by atoms with Gasteiger partial charge < -0.3 is 9.67 Å². The van der Waals surface area contributed by atoms with Crippen molar-refractivity contribution in [3.63, 3.8) is 0 Å². The molecular formula is C13H20N2O4S. The number of rotatable bonds is 6. The molecule has 0 spiro atoms. The molecule has 0 aromatic carbocycles. The summed E-state index contributed by atoms with van der Waals surface area (Å²) in [5.41, 5.74) is 0. The van der Waals surface area contributed by atoms with Gasteiger partial charge in [-0.05, 0) is 12.3 Å². The Hall–Kier alpha value is -1.37. The van der Waals surface area contributed by atoms with Gasteiger partial charge in [-0.3, -0.25) is 0 Å². The molecule has 7 heteroatoms. The van der Waals surface area contributed by atoms with Gasteiger partial charge in [0.25, 0.3) is 0 Å². The highest BCUT2D eigenvalue weighted by molar-refractivity contribution is 7.91. The zero-order valence-electron chi connectivity index (χ0n) is 11.5. The lowest BCUT2D eigenvalue weighted by atomic mass is 9.98. The Balaban J connectivity index is 2.19. The van der Waals surface area contributed by atoms with Gasteiger partial charge in [0.05, 0.1) is 12.1 Å². The number of carboxylic acids is 1. The van der Waals surface area contributed by atoms with E-state index in [1.807, 2.05) is 0 Å². The molecule has 1 fully saturated rings. The number of hydrogen-bond donors (Lipinski definition) is 1. The highest BCUT2D eigenvalue weighted by atomic mass is 32.2. The van der Waals surface area contributed by atoms with Crippen LogP contribution in [-0.4, -0.2) is 34.8 Å². The average Bonchev–Trinajstić information content (AvgIpc) is 3.07. The number of carboxylic acid groups (broad SMARTS) is 1. The van der Waals surface area contributed by atoms with Gasteiger partial charge in [-0.15, -0.1) is 0 Å². The number of hydrogen-bond acceptors (Lipinski definition) is 4. The van der Waals surface area contributed by atoms with Gasteiger partial charge in [0.2, 0.25) is 0 Å². The minimum atomic E-state index is -3.39. The molecule has 1 heterocycles. The zero-order valence-corrected chi connectivity index (χ0v) is 12.3. The second-order valence-electron chi connectivity index (χ2n) is 5.30. The molecule has 0 saturated heterocycles. The largest absolute Gasteiger partial charge is 0.480 e. The van der Waals surface area contributed by atoms with Crippen LogP contribution < -0.4 is 0 Å². The Morgan fingerprint density at radius 1 is 1.50 bits per heavy atom. The van der Waals surface area contributed by atoms with Crippen molar-refractivity contribution in [2.45, 2.75) is 50.1 Å². The molecule has 1 saturated carbocycles. The summed E-state index contributed by atoms with van der Waals surface area (Å²) >= 11 is 0. The predicted molar refractivity (Wildman–Crippen MR) is 73.2 cm³/mol. The molecular weight excluding hydrogens is 280 g/mol. The molecule has 2 rings (SSSR count). The van der Waals surface area contributed by atoms with E-state index in [-0.39, 0.29) is 10.8 Å². The van der Waals surface area contributed by atoms with Crippen molar-refractivity contribution in [2.24, 2.45) is 5.92 Å². The van der Waals surface area contributed by atoms with E-state index in [0.29, 0.717) is 12.3 Å². The second-order valence-corrected chi connectivity index (χ2v) is 7.53. The molecule has 1 aliphatic carbocycles. The number of imidazole rings is 1. The minimum absolute atomic E-state index is 0.0373. The Labute approximate surface area is 118 Å². The maximum atomic E-state index is 11.7. The summed E-state index contributed by atoms with van der Waals surface area (Å²) in [5.74, 6) is -0.566.